The number of aromatic nitrogens is 2. The molecule has 2 aliphatic rings. The highest BCUT2D eigenvalue weighted by molar-refractivity contribution is 6.16. The van der Waals surface area contributed by atoms with E-state index in [1.807, 2.05) is 7.05 Å². The summed E-state index contributed by atoms with van der Waals surface area (Å²) in [7, 11) is 2.02. The number of piperidine rings is 1. The molecule has 0 amide bonds. The SMILES string of the molecule is CN[C@@H](C)C(C)N1C[C@@H]2[C@H](C1)[C@H]2c1noc(CCl)n1. The van der Waals surface area contributed by atoms with Crippen molar-refractivity contribution in [1.82, 2.24) is 20.4 Å². The van der Waals surface area contributed by atoms with Gasteiger partial charge in [-0.1, -0.05) is 5.16 Å². The molecule has 0 spiro atoms. The second kappa shape index (κ2) is 5.04. The molecule has 1 aliphatic heterocycles. The minimum atomic E-state index is 0.303. The summed E-state index contributed by atoms with van der Waals surface area (Å²) < 4.78 is 5.09. The van der Waals surface area contributed by atoms with Crippen LogP contribution < -0.4 is 5.32 Å². The van der Waals surface area contributed by atoms with Crippen molar-refractivity contribution in [2.45, 2.75) is 37.7 Å². The summed E-state index contributed by atoms with van der Waals surface area (Å²) in [6, 6.07) is 1.09. The van der Waals surface area contributed by atoms with E-state index in [-0.39, 0.29) is 0 Å². The van der Waals surface area contributed by atoms with Crippen LogP contribution in [0.1, 0.15) is 31.5 Å². The Kier molecular flexibility index (Phi) is 3.53. The number of nitrogens with one attached hydrogen (secondary N) is 1. The molecule has 1 unspecified atom stereocenters. The summed E-state index contributed by atoms with van der Waals surface area (Å²) in [6.45, 7) is 6.82. The zero-order valence-corrected chi connectivity index (χ0v) is 12.4. The molecule has 19 heavy (non-hydrogen) atoms. The summed E-state index contributed by atoms with van der Waals surface area (Å²) in [5.41, 5.74) is 0. The number of hydrogen-bond donors (Lipinski definition) is 1. The molecule has 1 saturated carbocycles. The molecule has 1 aromatic rings. The molecule has 2 heterocycles. The maximum atomic E-state index is 5.69. The second-order valence-corrected chi connectivity index (χ2v) is 6.07. The number of alkyl halides is 1. The first-order valence-corrected chi connectivity index (χ1v) is 7.49. The Morgan fingerprint density at radius 3 is 2.63 bits per heavy atom. The van der Waals surface area contributed by atoms with Gasteiger partial charge in [-0.3, -0.25) is 4.90 Å². The molecule has 0 radical (unpaired) electrons. The van der Waals surface area contributed by atoms with Gasteiger partial charge in [-0.2, -0.15) is 4.98 Å². The van der Waals surface area contributed by atoms with Crippen molar-refractivity contribution in [3.8, 4) is 0 Å². The van der Waals surface area contributed by atoms with Gasteiger partial charge in [0.1, 0.15) is 5.88 Å². The molecule has 5 nitrogen and oxygen atoms in total. The van der Waals surface area contributed by atoms with E-state index in [1.165, 1.54) is 0 Å². The lowest BCUT2D eigenvalue weighted by molar-refractivity contribution is 0.193. The van der Waals surface area contributed by atoms with Crippen LogP contribution in [0, 0.1) is 11.8 Å². The van der Waals surface area contributed by atoms with E-state index in [0.717, 1.165) is 18.9 Å². The molecular formula is C13H21ClN4O. The van der Waals surface area contributed by atoms with E-state index in [4.69, 9.17) is 16.1 Å². The highest BCUT2D eigenvalue weighted by Crippen LogP contribution is 2.57. The number of halogens is 1. The standard InChI is InChI=1S/C13H21ClN4O/c1-7(15-3)8(2)18-5-9-10(6-18)12(9)13-16-11(4-14)19-17-13/h7-10,12,15H,4-6H2,1-3H3/t7-,8?,9-,10+,12+/m0/s1. The van der Waals surface area contributed by atoms with E-state index in [0.29, 0.717) is 41.6 Å². The van der Waals surface area contributed by atoms with Gasteiger partial charge in [0.05, 0.1) is 0 Å². The first-order valence-electron chi connectivity index (χ1n) is 6.95. The Morgan fingerprint density at radius 1 is 1.42 bits per heavy atom. The fraction of sp³-hybridized carbons (Fsp3) is 0.846. The average Bonchev–Trinajstić information content (AvgIpc) is 2.87. The van der Waals surface area contributed by atoms with Crippen LogP contribution in [-0.4, -0.2) is 47.3 Å². The van der Waals surface area contributed by atoms with Crippen molar-refractivity contribution in [2.75, 3.05) is 20.1 Å². The molecule has 1 aromatic heterocycles. The van der Waals surface area contributed by atoms with Crippen molar-refractivity contribution in [3.05, 3.63) is 11.7 Å². The van der Waals surface area contributed by atoms with Crippen LogP contribution in [0.15, 0.2) is 4.52 Å². The summed E-state index contributed by atoms with van der Waals surface area (Å²) in [5.74, 6) is 3.60. The molecule has 3 rings (SSSR count). The van der Waals surface area contributed by atoms with Gasteiger partial charge in [0.15, 0.2) is 5.82 Å². The summed E-state index contributed by atoms with van der Waals surface area (Å²) in [5, 5.41) is 7.38. The quantitative estimate of drug-likeness (QED) is 0.830. The summed E-state index contributed by atoms with van der Waals surface area (Å²) in [6.07, 6.45) is 0. The molecule has 106 valence electrons. The number of rotatable bonds is 5. The number of hydrogen-bond acceptors (Lipinski definition) is 5. The molecule has 1 saturated heterocycles. The van der Waals surface area contributed by atoms with Crippen molar-refractivity contribution in [2.24, 2.45) is 11.8 Å². The first kappa shape index (κ1) is 13.3. The van der Waals surface area contributed by atoms with Gasteiger partial charge >= 0.3 is 0 Å². The molecular weight excluding hydrogens is 264 g/mol. The molecule has 0 aromatic carbocycles. The van der Waals surface area contributed by atoms with Crippen LogP contribution in [-0.2, 0) is 5.88 Å². The van der Waals surface area contributed by atoms with Gasteiger partial charge in [0, 0.05) is 31.1 Å². The molecule has 1 N–H and O–H groups in total. The lowest BCUT2D eigenvalue weighted by Crippen LogP contribution is -2.45. The van der Waals surface area contributed by atoms with Crippen LogP contribution in [0.4, 0.5) is 0 Å². The number of nitrogens with zero attached hydrogens (tertiary/aromatic N) is 3. The zero-order valence-electron chi connectivity index (χ0n) is 11.6. The topological polar surface area (TPSA) is 54.2 Å². The molecule has 2 fully saturated rings. The van der Waals surface area contributed by atoms with Crippen molar-refractivity contribution >= 4 is 11.6 Å². The third-order valence-electron chi connectivity index (χ3n) is 4.87. The predicted octanol–water partition coefficient (Wildman–Crippen LogP) is 1.45. The van der Waals surface area contributed by atoms with E-state index >= 15 is 0 Å². The summed E-state index contributed by atoms with van der Waals surface area (Å²) in [4.78, 5) is 6.92. The smallest absolute Gasteiger partial charge is 0.241 e. The van der Waals surface area contributed by atoms with Crippen molar-refractivity contribution in [1.29, 1.82) is 0 Å². The van der Waals surface area contributed by atoms with Crippen LogP contribution in [0.5, 0.6) is 0 Å². The second-order valence-electron chi connectivity index (χ2n) is 5.81. The van der Waals surface area contributed by atoms with Gasteiger partial charge in [-0.15, -0.1) is 11.6 Å². The molecule has 0 bridgehead atoms. The lowest BCUT2D eigenvalue weighted by atomic mass is 10.1. The normalized spacial score (nSPS) is 33.2. The third kappa shape index (κ3) is 2.28. The Balaban J connectivity index is 1.58. The number of fused-ring (bicyclic) bond motifs is 1. The third-order valence-corrected chi connectivity index (χ3v) is 5.10. The number of likely N-dealkylation sites (N-methyl/N-ethyl adjacent to an activating group) is 1. The fourth-order valence-corrected chi connectivity index (χ4v) is 3.40. The average molecular weight is 285 g/mol. The van der Waals surface area contributed by atoms with Gasteiger partial charge in [0.2, 0.25) is 5.89 Å². The van der Waals surface area contributed by atoms with Gasteiger partial charge in [-0.25, -0.2) is 0 Å². The van der Waals surface area contributed by atoms with Gasteiger partial charge < -0.3 is 9.84 Å². The first-order chi connectivity index (χ1) is 9.15. The Morgan fingerprint density at radius 2 is 2.11 bits per heavy atom. The van der Waals surface area contributed by atoms with Crippen LogP contribution >= 0.6 is 11.6 Å². The van der Waals surface area contributed by atoms with Crippen molar-refractivity contribution < 1.29 is 4.52 Å². The number of likely N-dealkylation sites (tertiary alicyclic amines) is 1. The van der Waals surface area contributed by atoms with Crippen LogP contribution in [0.25, 0.3) is 0 Å². The van der Waals surface area contributed by atoms with Gasteiger partial charge in [-0.05, 0) is 32.7 Å². The zero-order chi connectivity index (χ0) is 13.6. The van der Waals surface area contributed by atoms with Crippen LogP contribution in [0.2, 0.25) is 0 Å². The lowest BCUT2D eigenvalue weighted by Gasteiger charge is -2.31. The van der Waals surface area contributed by atoms with E-state index < -0.39 is 0 Å². The molecule has 1 aliphatic carbocycles. The largest absolute Gasteiger partial charge is 0.338 e. The molecule has 5 atom stereocenters. The van der Waals surface area contributed by atoms with Crippen LogP contribution in [0.3, 0.4) is 0 Å². The Labute approximate surface area is 118 Å². The minimum absolute atomic E-state index is 0.303. The molecule has 6 heteroatoms. The van der Waals surface area contributed by atoms with E-state index in [9.17, 15) is 0 Å². The minimum Gasteiger partial charge on any atom is -0.338 e. The van der Waals surface area contributed by atoms with E-state index in [1.54, 1.807) is 0 Å². The Bertz CT molecular complexity index is 440. The Hall–Kier alpha value is -0.650. The van der Waals surface area contributed by atoms with Gasteiger partial charge in [0.25, 0.3) is 0 Å². The summed E-state index contributed by atoms with van der Waals surface area (Å²) >= 11 is 5.69. The maximum Gasteiger partial charge on any atom is 0.241 e. The maximum absolute atomic E-state index is 5.69. The van der Waals surface area contributed by atoms with E-state index in [2.05, 4.69) is 34.2 Å². The highest BCUT2D eigenvalue weighted by Gasteiger charge is 2.59. The highest BCUT2D eigenvalue weighted by atomic mass is 35.5. The monoisotopic (exact) mass is 284 g/mol. The fourth-order valence-electron chi connectivity index (χ4n) is 3.29. The van der Waals surface area contributed by atoms with Crippen molar-refractivity contribution in [3.63, 3.8) is 0 Å². The predicted molar refractivity (Wildman–Crippen MR) is 73.1 cm³/mol.